The second-order valence-corrected chi connectivity index (χ2v) is 4.13. The molecule has 0 radical (unpaired) electrons. The van der Waals surface area contributed by atoms with Crippen LogP contribution in [0.25, 0.3) is 0 Å². The number of anilines is 1. The first-order valence-corrected chi connectivity index (χ1v) is 5.68. The van der Waals surface area contributed by atoms with Crippen molar-refractivity contribution < 1.29 is 9.53 Å². The van der Waals surface area contributed by atoms with E-state index in [9.17, 15) is 4.79 Å². The van der Waals surface area contributed by atoms with Gasteiger partial charge in [0.25, 0.3) is 0 Å². The molecule has 0 aliphatic heterocycles. The Bertz CT molecular complexity index is 373. The molecule has 1 fully saturated rings. The molecule has 0 aromatic carbocycles. The monoisotopic (exact) mass is 220 g/mol. The van der Waals surface area contributed by atoms with Crippen LogP contribution in [0, 0.1) is 0 Å². The standard InChI is InChI=1S/C12H16N2O2/c13-11-8-14-7-6-10(11)12(15)16-9-4-2-1-3-5-9/h6-9H,1-5,13H2. The first kappa shape index (κ1) is 10.9. The molecule has 1 aliphatic carbocycles. The van der Waals surface area contributed by atoms with Gasteiger partial charge in [0.1, 0.15) is 6.10 Å². The van der Waals surface area contributed by atoms with Crippen molar-refractivity contribution in [2.24, 2.45) is 0 Å². The predicted molar refractivity (Wildman–Crippen MR) is 60.9 cm³/mol. The van der Waals surface area contributed by atoms with Crippen molar-refractivity contribution in [2.75, 3.05) is 5.73 Å². The number of aromatic nitrogens is 1. The van der Waals surface area contributed by atoms with Gasteiger partial charge in [-0.15, -0.1) is 0 Å². The molecule has 1 aromatic heterocycles. The molecule has 0 spiro atoms. The minimum Gasteiger partial charge on any atom is -0.459 e. The lowest BCUT2D eigenvalue weighted by atomic mass is 9.98. The van der Waals surface area contributed by atoms with Gasteiger partial charge in [0.05, 0.1) is 17.4 Å². The quantitative estimate of drug-likeness (QED) is 0.775. The molecule has 1 aliphatic rings. The molecule has 1 aromatic rings. The second-order valence-electron chi connectivity index (χ2n) is 4.13. The number of nitrogen functional groups attached to an aromatic ring is 1. The summed E-state index contributed by atoms with van der Waals surface area (Å²) in [7, 11) is 0. The largest absolute Gasteiger partial charge is 0.459 e. The van der Waals surface area contributed by atoms with Gasteiger partial charge >= 0.3 is 5.97 Å². The summed E-state index contributed by atoms with van der Waals surface area (Å²) < 4.78 is 5.41. The van der Waals surface area contributed by atoms with Crippen molar-refractivity contribution in [3.63, 3.8) is 0 Å². The zero-order chi connectivity index (χ0) is 11.4. The van der Waals surface area contributed by atoms with Crippen molar-refractivity contribution >= 4 is 11.7 Å². The van der Waals surface area contributed by atoms with E-state index in [2.05, 4.69) is 4.98 Å². The molecule has 2 rings (SSSR count). The predicted octanol–water partition coefficient (Wildman–Crippen LogP) is 2.15. The third kappa shape index (κ3) is 2.51. The zero-order valence-corrected chi connectivity index (χ0v) is 9.19. The minimum atomic E-state index is -0.327. The minimum absolute atomic E-state index is 0.0637. The van der Waals surface area contributed by atoms with Gasteiger partial charge < -0.3 is 10.5 Å². The van der Waals surface area contributed by atoms with Crippen molar-refractivity contribution in [2.45, 2.75) is 38.2 Å². The number of carbonyl (C=O) groups excluding carboxylic acids is 1. The summed E-state index contributed by atoms with van der Waals surface area (Å²) in [5, 5.41) is 0. The normalized spacial score (nSPS) is 17.0. The Morgan fingerprint density at radius 3 is 2.81 bits per heavy atom. The lowest BCUT2D eigenvalue weighted by Crippen LogP contribution is -2.21. The molecule has 0 saturated heterocycles. The summed E-state index contributed by atoms with van der Waals surface area (Å²) in [6, 6.07) is 1.60. The summed E-state index contributed by atoms with van der Waals surface area (Å²) in [6.45, 7) is 0. The maximum absolute atomic E-state index is 11.8. The Hall–Kier alpha value is -1.58. The molecule has 0 bridgehead atoms. The van der Waals surface area contributed by atoms with Crippen molar-refractivity contribution in [1.29, 1.82) is 0 Å². The Kier molecular flexibility index (Phi) is 3.39. The van der Waals surface area contributed by atoms with E-state index < -0.39 is 0 Å². The van der Waals surface area contributed by atoms with E-state index in [1.165, 1.54) is 12.6 Å². The van der Waals surface area contributed by atoms with Gasteiger partial charge in [0.15, 0.2) is 0 Å². The van der Waals surface area contributed by atoms with Gasteiger partial charge in [-0.3, -0.25) is 4.98 Å². The first-order chi connectivity index (χ1) is 7.77. The zero-order valence-electron chi connectivity index (χ0n) is 9.19. The summed E-state index contributed by atoms with van der Waals surface area (Å²) in [4.78, 5) is 15.6. The molecule has 1 saturated carbocycles. The van der Waals surface area contributed by atoms with Crippen molar-refractivity contribution in [1.82, 2.24) is 4.98 Å². The van der Waals surface area contributed by atoms with Crippen LogP contribution in [0.15, 0.2) is 18.5 Å². The molecule has 0 unspecified atom stereocenters. The molecule has 86 valence electrons. The average molecular weight is 220 g/mol. The van der Waals surface area contributed by atoms with Crippen LogP contribution in [0.1, 0.15) is 42.5 Å². The lowest BCUT2D eigenvalue weighted by molar-refractivity contribution is 0.0212. The molecule has 2 N–H and O–H groups in total. The molecule has 0 atom stereocenters. The van der Waals surface area contributed by atoms with E-state index in [1.54, 1.807) is 12.3 Å². The van der Waals surface area contributed by atoms with E-state index in [4.69, 9.17) is 10.5 Å². The van der Waals surface area contributed by atoms with Crippen LogP contribution in [0.2, 0.25) is 0 Å². The van der Waals surface area contributed by atoms with Crippen molar-refractivity contribution in [3.8, 4) is 0 Å². The Morgan fingerprint density at radius 1 is 1.38 bits per heavy atom. The van der Waals surface area contributed by atoms with Crippen LogP contribution in [0.3, 0.4) is 0 Å². The maximum Gasteiger partial charge on any atom is 0.340 e. The van der Waals surface area contributed by atoms with E-state index in [1.807, 2.05) is 0 Å². The van der Waals surface area contributed by atoms with Crippen LogP contribution < -0.4 is 5.73 Å². The van der Waals surface area contributed by atoms with Crippen LogP contribution in [-0.2, 0) is 4.74 Å². The van der Waals surface area contributed by atoms with Gasteiger partial charge in [-0.1, -0.05) is 6.42 Å². The molecule has 1 heterocycles. The number of hydrogen-bond donors (Lipinski definition) is 1. The van der Waals surface area contributed by atoms with Gasteiger partial charge in [0.2, 0.25) is 0 Å². The summed E-state index contributed by atoms with van der Waals surface area (Å²) in [5.41, 5.74) is 6.46. The van der Waals surface area contributed by atoms with E-state index in [-0.39, 0.29) is 12.1 Å². The SMILES string of the molecule is Nc1cnccc1C(=O)OC1CCCCC1. The van der Waals surface area contributed by atoms with Gasteiger partial charge in [-0.25, -0.2) is 4.79 Å². The van der Waals surface area contributed by atoms with Crippen LogP contribution in [-0.4, -0.2) is 17.1 Å². The highest BCUT2D eigenvalue weighted by Crippen LogP contribution is 2.22. The fourth-order valence-corrected chi connectivity index (χ4v) is 1.99. The Morgan fingerprint density at radius 2 is 2.12 bits per heavy atom. The molecular formula is C12H16N2O2. The topological polar surface area (TPSA) is 65.2 Å². The smallest absolute Gasteiger partial charge is 0.340 e. The number of rotatable bonds is 2. The molecule has 4 heteroatoms. The van der Waals surface area contributed by atoms with Crippen LogP contribution >= 0.6 is 0 Å². The van der Waals surface area contributed by atoms with E-state index in [0.29, 0.717) is 11.3 Å². The molecule has 0 amide bonds. The highest BCUT2D eigenvalue weighted by molar-refractivity contribution is 5.94. The Balaban J connectivity index is 2.00. The number of pyridine rings is 1. The average Bonchev–Trinajstić information content (AvgIpc) is 2.31. The molecule has 4 nitrogen and oxygen atoms in total. The number of ether oxygens (including phenoxy) is 1. The maximum atomic E-state index is 11.8. The number of hydrogen-bond acceptors (Lipinski definition) is 4. The highest BCUT2D eigenvalue weighted by Gasteiger charge is 2.19. The molecular weight excluding hydrogens is 204 g/mol. The fourth-order valence-electron chi connectivity index (χ4n) is 1.99. The number of esters is 1. The van der Waals surface area contributed by atoms with Gasteiger partial charge in [0, 0.05) is 6.20 Å². The summed E-state index contributed by atoms with van der Waals surface area (Å²) in [5.74, 6) is -0.327. The van der Waals surface area contributed by atoms with Gasteiger partial charge in [-0.05, 0) is 31.7 Å². The third-order valence-corrected chi connectivity index (χ3v) is 2.90. The second kappa shape index (κ2) is 4.96. The lowest BCUT2D eigenvalue weighted by Gasteiger charge is -2.21. The van der Waals surface area contributed by atoms with Crippen LogP contribution in [0.4, 0.5) is 5.69 Å². The van der Waals surface area contributed by atoms with E-state index in [0.717, 1.165) is 25.7 Å². The Labute approximate surface area is 94.8 Å². The fraction of sp³-hybridized carbons (Fsp3) is 0.500. The van der Waals surface area contributed by atoms with Crippen molar-refractivity contribution in [3.05, 3.63) is 24.0 Å². The third-order valence-electron chi connectivity index (χ3n) is 2.90. The summed E-state index contributed by atoms with van der Waals surface area (Å²) >= 11 is 0. The number of nitrogens with two attached hydrogens (primary N) is 1. The number of carbonyl (C=O) groups is 1. The van der Waals surface area contributed by atoms with Gasteiger partial charge in [-0.2, -0.15) is 0 Å². The molecule has 16 heavy (non-hydrogen) atoms. The summed E-state index contributed by atoms with van der Waals surface area (Å²) in [6.07, 6.45) is 8.55. The first-order valence-electron chi connectivity index (χ1n) is 5.68. The van der Waals surface area contributed by atoms with Crippen LogP contribution in [0.5, 0.6) is 0 Å². The highest BCUT2D eigenvalue weighted by atomic mass is 16.5. The van der Waals surface area contributed by atoms with E-state index >= 15 is 0 Å². The number of nitrogens with zero attached hydrogens (tertiary/aromatic N) is 1.